The van der Waals surface area contributed by atoms with Crippen molar-refractivity contribution in [3.05, 3.63) is 39.8 Å². The average molecular weight is 442 g/mol. The largest absolute Gasteiger partial charge is 0.331 e. The van der Waals surface area contributed by atoms with Gasteiger partial charge in [-0.2, -0.15) is 5.26 Å². The van der Waals surface area contributed by atoms with E-state index in [0.29, 0.717) is 0 Å². The maximum Gasteiger partial charge on any atom is 0.331 e. The van der Waals surface area contributed by atoms with Crippen LogP contribution in [0, 0.1) is 11.5 Å². The summed E-state index contributed by atoms with van der Waals surface area (Å²) in [6.45, 7) is 6.04. The van der Waals surface area contributed by atoms with Crippen molar-refractivity contribution in [2.24, 2.45) is 4.36 Å². The maximum absolute atomic E-state index is 13.3. The number of urea groups is 1. The highest BCUT2D eigenvalue weighted by atomic mass is 32.2. The molecule has 1 unspecified atom stereocenters. The SMILES string of the molecule is CCN1CCC[C@@]1(C)/C=C/S(=O)(=NC#N)NC(=O)Nc1c2c(cc3c1CCC3)CCC2. The van der Waals surface area contributed by atoms with Crippen molar-refractivity contribution in [1.82, 2.24) is 9.62 Å². The summed E-state index contributed by atoms with van der Waals surface area (Å²) < 4.78 is 19.3. The van der Waals surface area contributed by atoms with Crippen LogP contribution in [0.15, 0.2) is 21.9 Å². The van der Waals surface area contributed by atoms with Crippen LogP contribution in [0.5, 0.6) is 0 Å². The van der Waals surface area contributed by atoms with E-state index in [1.807, 2.05) is 6.08 Å². The molecule has 7 nitrogen and oxygen atoms in total. The predicted molar refractivity (Wildman–Crippen MR) is 123 cm³/mol. The highest BCUT2D eigenvalue weighted by Crippen LogP contribution is 2.38. The zero-order chi connectivity index (χ0) is 22.1. The van der Waals surface area contributed by atoms with E-state index in [2.05, 4.69) is 39.2 Å². The number of amides is 2. The van der Waals surface area contributed by atoms with Crippen molar-refractivity contribution < 1.29 is 9.00 Å². The number of nitriles is 1. The number of hydrogen-bond acceptors (Lipinski definition) is 5. The van der Waals surface area contributed by atoms with Gasteiger partial charge >= 0.3 is 6.03 Å². The summed E-state index contributed by atoms with van der Waals surface area (Å²) in [7, 11) is -3.35. The molecule has 2 aliphatic carbocycles. The first-order chi connectivity index (χ1) is 14.9. The van der Waals surface area contributed by atoms with Crippen molar-refractivity contribution in [2.45, 2.75) is 70.8 Å². The molecule has 0 radical (unpaired) electrons. The number of benzene rings is 1. The number of likely N-dealkylation sites (N-methyl/N-ethyl adjacent to an activating group) is 1. The van der Waals surface area contributed by atoms with Gasteiger partial charge in [0.2, 0.25) is 6.19 Å². The van der Waals surface area contributed by atoms with Crippen molar-refractivity contribution in [2.75, 3.05) is 18.4 Å². The predicted octanol–water partition coefficient (Wildman–Crippen LogP) is 4.04. The molecule has 1 aromatic rings. The number of hydrogen-bond donors (Lipinski definition) is 2. The molecule has 0 aromatic heterocycles. The second-order valence-corrected chi connectivity index (χ2v) is 10.7. The minimum atomic E-state index is -3.35. The zero-order valence-electron chi connectivity index (χ0n) is 18.4. The zero-order valence-corrected chi connectivity index (χ0v) is 19.2. The number of carbonyl (C=O) groups is 1. The van der Waals surface area contributed by atoms with Crippen LogP contribution in [0.25, 0.3) is 0 Å². The first-order valence-electron chi connectivity index (χ1n) is 11.2. The lowest BCUT2D eigenvalue weighted by atomic mass is 9.99. The second-order valence-electron chi connectivity index (χ2n) is 8.89. The fourth-order valence-electron chi connectivity index (χ4n) is 5.38. The van der Waals surface area contributed by atoms with E-state index >= 15 is 0 Å². The molecule has 166 valence electrons. The third kappa shape index (κ3) is 4.35. The molecule has 2 atom stereocenters. The molecule has 2 N–H and O–H groups in total. The highest BCUT2D eigenvalue weighted by Gasteiger charge is 2.33. The standard InChI is InChI=1S/C23H31N5O2S/c1-3-28-13-6-11-23(28,2)12-14-31(30,25-16-24)27-22(29)26-21-19-9-4-7-17(19)15-18-8-5-10-20(18)21/h12,14-15H,3-11,13H2,1-2H3,(H2,25,26,27,29,30)/b14-12+/t23-,31?/m0/s1. The first-order valence-corrected chi connectivity index (χ1v) is 12.8. The smallest absolute Gasteiger partial charge is 0.307 e. The van der Waals surface area contributed by atoms with Gasteiger partial charge in [0.05, 0.1) is 0 Å². The molecule has 4 rings (SSSR count). The summed E-state index contributed by atoms with van der Waals surface area (Å²) in [6.07, 6.45) is 11.6. The summed E-state index contributed by atoms with van der Waals surface area (Å²) in [5, 5.41) is 13.5. The molecule has 3 aliphatic rings. The van der Waals surface area contributed by atoms with Gasteiger partial charge in [-0.1, -0.05) is 23.4 Å². The Labute approximate surface area is 185 Å². The second kappa shape index (κ2) is 8.64. The summed E-state index contributed by atoms with van der Waals surface area (Å²) in [4.78, 5) is 15.2. The molecule has 1 aliphatic heterocycles. The molecule has 31 heavy (non-hydrogen) atoms. The molecule has 0 saturated carbocycles. The molecular weight excluding hydrogens is 410 g/mol. The normalized spacial score (nSPS) is 24.4. The third-order valence-corrected chi connectivity index (χ3v) is 8.29. The lowest BCUT2D eigenvalue weighted by Gasteiger charge is -2.31. The maximum atomic E-state index is 13.3. The Bertz CT molecular complexity index is 1050. The Hall–Kier alpha value is -2.37. The molecule has 1 heterocycles. The van der Waals surface area contributed by atoms with Crippen LogP contribution in [-0.2, 0) is 35.6 Å². The van der Waals surface area contributed by atoms with Crippen LogP contribution in [0.2, 0.25) is 0 Å². The number of aryl methyl sites for hydroxylation is 2. The number of rotatable bonds is 5. The number of nitrogens with zero attached hydrogens (tertiary/aromatic N) is 3. The summed E-state index contributed by atoms with van der Waals surface area (Å²) in [5.41, 5.74) is 5.66. The van der Waals surface area contributed by atoms with Crippen LogP contribution < -0.4 is 10.0 Å². The van der Waals surface area contributed by atoms with Gasteiger partial charge in [0.25, 0.3) is 0 Å². The highest BCUT2D eigenvalue weighted by molar-refractivity contribution is 7.95. The number of anilines is 1. The van der Waals surface area contributed by atoms with E-state index in [9.17, 15) is 9.00 Å². The van der Waals surface area contributed by atoms with E-state index in [1.165, 1.54) is 27.7 Å². The van der Waals surface area contributed by atoms with Gasteiger partial charge in [0, 0.05) is 16.6 Å². The van der Waals surface area contributed by atoms with Crippen LogP contribution >= 0.6 is 0 Å². The van der Waals surface area contributed by atoms with Gasteiger partial charge in [0.1, 0.15) is 0 Å². The topological polar surface area (TPSA) is 97.6 Å². The van der Waals surface area contributed by atoms with E-state index in [1.54, 1.807) is 6.19 Å². The Balaban J connectivity index is 1.56. The fourth-order valence-corrected chi connectivity index (χ4v) is 6.47. The average Bonchev–Trinajstić information content (AvgIpc) is 3.46. The number of fused-ring (bicyclic) bond motifs is 2. The van der Waals surface area contributed by atoms with Crippen LogP contribution in [0.1, 0.15) is 61.8 Å². The number of likely N-dealkylation sites (tertiary alicyclic amines) is 1. The van der Waals surface area contributed by atoms with Gasteiger partial charge in [0.15, 0.2) is 9.92 Å². The Morgan fingerprint density at radius 3 is 2.55 bits per heavy atom. The van der Waals surface area contributed by atoms with Gasteiger partial charge in [-0.3, -0.25) is 4.90 Å². The van der Waals surface area contributed by atoms with E-state index in [4.69, 9.17) is 5.26 Å². The Morgan fingerprint density at radius 1 is 1.26 bits per heavy atom. The third-order valence-electron chi connectivity index (χ3n) is 6.95. The van der Waals surface area contributed by atoms with Gasteiger partial charge in [-0.05, 0) is 93.6 Å². The number of nitrogens with one attached hydrogen (secondary N) is 2. The Morgan fingerprint density at radius 2 is 1.94 bits per heavy atom. The molecule has 8 heteroatoms. The van der Waals surface area contributed by atoms with Gasteiger partial charge < -0.3 is 5.32 Å². The van der Waals surface area contributed by atoms with Crippen molar-refractivity contribution in [1.29, 1.82) is 5.26 Å². The molecular formula is C23H31N5O2S. The molecule has 1 aromatic carbocycles. The molecule has 2 amide bonds. The first kappa shape index (κ1) is 21.8. The van der Waals surface area contributed by atoms with Crippen molar-refractivity contribution in [3.63, 3.8) is 0 Å². The van der Waals surface area contributed by atoms with Crippen LogP contribution in [0.3, 0.4) is 0 Å². The minimum Gasteiger partial charge on any atom is -0.307 e. The fraction of sp³-hybridized carbons (Fsp3) is 0.565. The van der Waals surface area contributed by atoms with Crippen molar-refractivity contribution >= 4 is 21.6 Å². The summed E-state index contributed by atoms with van der Waals surface area (Å²) in [5.74, 6) is 0. The summed E-state index contributed by atoms with van der Waals surface area (Å²) >= 11 is 0. The Kier molecular flexibility index (Phi) is 6.09. The van der Waals surface area contributed by atoms with E-state index in [0.717, 1.165) is 70.1 Å². The quantitative estimate of drug-likeness (QED) is 0.674. The number of carbonyl (C=O) groups excluding carboxylic acids is 1. The molecule has 0 spiro atoms. The van der Waals surface area contributed by atoms with E-state index < -0.39 is 15.9 Å². The summed E-state index contributed by atoms with van der Waals surface area (Å²) in [6, 6.07) is 1.72. The molecule has 1 saturated heterocycles. The molecule has 0 bridgehead atoms. The van der Waals surface area contributed by atoms with Crippen LogP contribution in [-0.4, -0.2) is 33.8 Å². The lowest BCUT2D eigenvalue weighted by Crippen LogP contribution is -2.40. The van der Waals surface area contributed by atoms with Gasteiger partial charge in [-0.15, -0.1) is 0 Å². The minimum absolute atomic E-state index is 0.248. The van der Waals surface area contributed by atoms with Crippen LogP contribution in [0.4, 0.5) is 10.5 Å². The molecule has 1 fully saturated rings. The lowest BCUT2D eigenvalue weighted by molar-refractivity contribution is 0.214. The van der Waals surface area contributed by atoms with Crippen molar-refractivity contribution in [3.8, 4) is 6.19 Å². The van der Waals surface area contributed by atoms with E-state index in [-0.39, 0.29) is 5.54 Å². The van der Waals surface area contributed by atoms with Gasteiger partial charge in [-0.25, -0.2) is 13.7 Å². The monoisotopic (exact) mass is 441 g/mol.